The van der Waals surface area contributed by atoms with Gasteiger partial charge in [-0.25, -0.2) is 0 Å². The first-order valence-corrected chi connectivity index (χ1v) is 10.7. The Hall–Kier alpha value is -2.84. The summed E-state index contributed by atoms with van der Waals surface area (Å²) in [5, 5.41) is 2.30. The molecule has 0 spiro atoms. The predicted octanol–water partition coefficient (Wildman–Crippen LogP) is 8.32. The molecule has 1 aromatic heterocycles. The van der Waals surface area contributed by atoms with Crippen LogP contribution < -0.4 is 0 Å². The van der Waals surface area contributed by atoms with Crippen molar-refractivity contribution in [3.63, 3.8) is 0 Å². The van der Waals surface area contributed by atoms with Gasteiger partial charge >= 0.3 is 0 Å². The lowest BCUT2D eigenvalue weighted by atomic mass is 9.81. The van der Waals surface area contributed by atoms with Crippen molar-refractivity contribution in [2.75, 3.05) is 0 Å². The van der Waals surface area contributed by atoms with Gasteiger partial charge in [0, 0.05) is 16.2 Å². The van der Waals surface area contributed by atoms with Gasteiger partial charge in [0.25, 0.3) is 0 Å². The summed E-state index contributed by atoms with van der Waals surface area (Å²) in [4.78, 5) is 0. The summed E-state index contributed by atoms with van der Waals surface area (Å²) in [7, 11) is 0. The van der Waals surface area contributed by atoms with E-state index in [0.717, 1.165) is 26.4 Å². The molecule has 0 N–H and O–H groups in total. The van der Waals surface area contributed by atoms with Crippen LogP contribution in [0.25, 0.3) is 44.2 Å². The number of furan rings is 1. The van der Waals surface area contributed by atoms with E-state index in [1.807, 2.05) is 6.07 Å². The summed E-state index contributed by atoms with van der Waals surface area (Å²) in [5.74, 6) is 0. The number of rotatable bonds is 1. The normalized spacial score (nSPS) is 14.3. The van der Waals surface area contributed by atoms with Crippen LogP contribution in [0.3, 0.4) is 0 Å². The second-order valence-corrected chi connectivity index (χ2v) is 9.21. The fraction of sp³-hybridized carbons (Fsp3) is 0.111. The minimum atomic E-state index is 0.0131. The summed E-state index contributed by atoms with van der Waals surface area (Å²) in [6.07, 6.45) is 0. The van der Waals surface area contributed by atoms with Gasteiger partial charge in [-0.2, -0.15) is 0 Å². The summed E-state index contributed by atoms with van der Waals surface area (Å²) < 4.78 is 7.07. The van der Waals surface area contributed by atoms with Gasteiger partial charge in [0.05, 0.1) is 4.47 Å². The minimum Gasteiger partial charge on any atom is -0.455 e. The van der Waals surface area contributed by atoms with Gasteiger partial charge in [-0.15, -0.1) is 0 Å². The van der Waals surface area contributed by atoms with Crippen LogP contribution in [0.15, 0.2) is 87.8 Å². The van der Waals surface area contributed by atoms with E-state index in [0.29, 0.717) is 0 Å². The average Bonchev–Trinajstić information content (AvgIpc) is 3.22. The molecule has 0 saturated carbocycles. The van der Waals surface area contributed by atoms with Crippen LogP contribution in [0, 0.1) is 0 Å². The summed E-state index contributed by atoms with van der Waals surface area (Å²) in [6.45, 7) is 4.65. The van der Waals surface area contributed by atoms with Crippen molar-refractivity contribution in [2.24, 2.45) is 0 Å². The van der Waals surface area contributed by atoms with Crippen molar-refractivity contribution in [3.05, 3.63) is 94.5 Å². The van der Waals surface area contributed by atoms with Crippen molar-refractivity contribution >= 4 is 37.9 Å². The molecule has 0 unspecified atom stereocenters. The first-order chi connectivity index (χ1) is 14.0. The Bertz CT molecular complexity index is 1440. The lowest BCUT2D eigenvalue weighted by Crippen LogP contribution is -2.14. The Morgan fingerprint density at radius 2 is 1.45 bits per heavy atom. The number of benzene rings is 4. The second kappa shape index (κ2) is 5.84. The molecule has 6 rings (SSSR count). The Kier molecular flexibility index (Phi) is 3.43. The van der Waals surface area contributed by atoms with E-state index in [1.54, 1.807) is 0 Å². The predicted molar refractivity (Wildman–Crippen MR) is 124 cm³/mol. The SMILES string of the molecule is CC1(C)c2ccccc2-c2ccc(-c3ccc4oc5c(Br)cccc5c4c3)cc21. The van der Waals surface area contributed by atoms with Crippen molar-refractivity contribution in [3.8, 4) is 22.3 Å². The van der Waals surface area contributed by atoms with E-state index < -0.39 is 0 Å². The van der Waals surface area contributed by atoms with Gasteiger partial charge < -0.3 is 4.42 Å². The Morgan fingerprint density at radius 1 is 0.690 bits per heavy atom. The average molecular weight is 439 g/mol. The molecule has 4 aromatic carbocycles. The largest absolute Gasteiger partial charge is 0.455 e. The van der Waals surface area contributed by atoms with E-state index in [4.69, 9.17) is 4.42 Å². The highest BCUT2D eigenvalue weighted by Crippen LogP contribution is 2.49. The zero-order chi connectivity index (χ0) is 19.8. The zero-order valence-corrected chi connectivity index (χ0v) is 17.9. The molecule has 1 heterocycles. The highest BCUT2D eigenvalue weighted by Gasteiger charge is 2.35. The zero-order valence-electron chi connectivity index (χ0n) is 16.3. The van der Waals surface area contributed by atoms with Gasteiger partial charge in [-0.1, -0.05) is 68.4 Å². The monoisotopic (exact) mass is 438 g/mol. The molecule has 1 aliphatic rings. The molecule has 5 aromatic rings. The molecule has 29 heavy (non-hydrogen) atoms. The topological polar surface area (TPSA) is 13.1 Å². The fourth-order valence-corrected chi connectivity index (χ4v) is 5.27. The Balaban J connectivity index is 1.55. The molecular weight excluding hydrogens is 420 g/mol. The molecule has 0 bridgehead atoms. The first-order valence-electron chi connectivity index (χ1n) is 9.89. The molecule has 0 atom stereocenters. The van der Waals surface area contributed by atoms with Gasteiger partial charge in [-0.3, -0.25) is 0 Å². The standard InChI is InChI=1S/C27H19BrO/c1-27(2)22-8-4-3-6-18(22)19-12-10-17(15-23(19)27)16-11-13-25-21(14-16)20-7-5-9-24(28)26(20)29-25/h3-15H,1-2H3. The Morgan fingerprint density at radius 3 is 2.34 bits per heavy atom. The van der Waals surface area contributed by atoms with Crippen LogP contribution in [0.2, 0.25) is 0 Å². The molecule has 1 nitrogen and oxygen atoms in total. The van der Waals surface area contributed by atoms with Crippen LogP contribution in [0.5, 0.6) is 0 Å². The summed E-state index contributed by atoms with van der Waals surface area (Å²) >= 11 is 3.61. The maximum absolute atomic E-state index is 6.08. The number of hydrogen-bond donors (Lipinski definition) is 0. The van der Waals surface area contributed by atoms with Crippen molar-refractivity contribution < 1.29 is 4.42 Å². The highest BCUT2D eigenvalue weighted by atomic mass is 79.9. The molecule has 0 radical (unpaired) electrons. The number of halogens is 1. The van der Waals surface area contributed by atoms with Gasteiger partial charge in [0.2, 0.25) is 0 Å². The number of hydrogen-bond acceptors (Lipinski definition) is 1. The fourth-order valence-electron chi connectivity index (χ4n) is 4.83. The van der Waals surface area contributed by atoms with E-state index >= 15 is 0 Å². The quantitative estimate of drug-likeness (QED) is 0.256. The van der Waals surface area contributed by atoms with Gasteiger partial charge in [0.1, 0.15) is 11.2 Å². The van der Waals surface area contributed by atoms with Crippen molar-refractivity contribution in [2.45, 2.75) is 19.3 Å². The molecule has 0 aliphatic heterocycles. The van der Waals surface area contributed by atoms with Crippen LogP contribution in [-0.2, 0) is 5.41 Å². The van der Waals surface area contributed by atoms with E-state index in [2.05, 4.69) is 103 Å². The lowest BCUT2D eigenvalue weighted by molar-refractivity contribution is 0.660. The summed E-state index contributed by atoms with van der Waals surface area (Å²) in [6, 6.07) is 28.4. The summed E-state index contributed by atoms with van der Waals surface area (Å²) in [5.41, 5.74) is 9.83. The van der Waals surface area contributed by atoms with E-state index in [9.17, 15) is 0 Å². The maximum Gasteiger partial charge on any atom is 0.149 e. The molecule has 140 valence electrons. The number of fused-ring (bicyclic) bond motifs is 6. The number of para-hydroxylation sites is 1. The van der Waals surface area contributed by atoms with Crippen molar-refractivity contribution in [1.29, 1.82) is 0 Å². The van der Waals surface area contributed by atoms with Crippen molar-refractivity contribution in [1.82, 2.24) is 0 Å². The molecule has 0 fully saturated rings. The van der Waals surface area contributed by atoms with Crippen LogP contribution in [0.1, 0.15) is 25.0 Å². The lowest BCUT2D eigenvalue weighted by Gasteiger charge is -2.22. The van der Waals surface area contributed by atoms with Crippen LogP contribution >= 0.6 is 15.9 Å². The molecule has 1 aliphatic carbocycles. The third-order valence-electron chi connectivity index (χ3n) is 6.37. The maximum atomic E-state index is 6.08. The first kappa shape index (κ1) is 17.1. The third kappa shape index (κ3) is 2.33. The molecule has 0 amide bonds. The Labute approximate surface area is 178 Å². The second-order valence-electron chi connectivity index (χ2n) is 8.36. The van der Waals surface area contributed by atoms with E-state index in [1.165, 1.54) is 33.4 Å². The molecule has 0 saturated heterocycles. The smallest absolute Gasteiger partial charge is 0.149 e. The van der Waals surface area contributed by atoms with Gasteiger partial charge in [-0.05, 0) is 73.6 Å². The van der Waals surface area contributed by atoms with Gasteiger partial charge in [0.15, 0.2) is 0 Å². The van der Waals surface area contributed by atoms with E-state index in [-0.39, 0.29) is 5.41 Å². The van der Waals surface area contributed by atoms with Crippen LogP contribution in [0.4, 0.5) is 0 Å². The third-order valence-corrected chi connectivity index (χ3v) is 6.99. The molecular formula is C27H19BrO. The minimum absolute atomic E-state index is 0.0131. The van der Waals surface area contributed by atoms with Crippen LogP contribution in [-0.4, -0.2) is 0 Å². The molecule has 2 heteroatoms. The highest BCUT2D eigenvalue weighted by molar-refractivity contribution is 9.10.